The molecule has 0 aliphatic carbocycles. The Labute approximate surface area is 136 Å². The Morgan fingerprint density at radius 2 is 1.91 bits per heavy atom. The van der Waals surface area contributed by atoms with Crippen LogP contribution in [0, 0.1) is 0 Å². The van der Waals surface area contributed by atoms with Crippen molar-refractivity contribution < 1.29 is 4.79 Å². The minimum Gasteiger partial charge on any atom is -0.340 e. The highest BCUT2D eigenvalue weighted by molar-refractivity contribution is 6.17. The number of pyridine rings is 1. The number of ketones is 1. The Bertz CT molecular complexity index is 860. The van der Waals surface area contributed by atoms with Crippen LogP contribution in [0.5, 0.6) is 0 Å². The quantitative estimate of drug-likeness (QED) is 0.511. The molecule has 3 aromatic rings. The molecule has 0 saturated carbocycles. The van der Waals surface area contributed by atoms with Gasteiger partial charge in [-0.1, -0.05) is 38.1 Å². The molecule has 0 radical (unpaired) electrons. The molecule has 2 aromatic heterocycles. The van der Waals surface area contributed by atoms with Crippen LogP contribution in [0.25, 0.3) is 10.9 Å². The first kappa shape index (κ1) is 15.2. The van der Waals surface area contributed by atoms with Crippen molar-refractivity contribution in [3.8, 4) is 0 Å². The molecule has 3 heteroatoms. The van der Waals surface area contributed by atoms with Gasteiger partial charge in [0, 0.05) is 41.1 Å². The van der Waals surface area contributed by atoms with Gasteiger partial charge in [-0.3, -0.25) is 9.78 Å². The molecule has 1 aromatic carbocycles. The summed E-state index contributed by atoms with van der Waals surface area (Å²) >= 11 is 0. The predicted octanol–water partition coefficient (Wildman–Crippen LogP) is 4.58. The van der Waals surface area contributed by atoms with Crippen molar-refractivity contribution in [2.45, 2.75) is 26.3 Å². The predicted molar refractivity (Wildman–Crippen MR) is 93.9 cm³/mol. The van der Waals surface area contributed by atoms with Gasteiger partial charge in [-0.25, -0.2) is 0 Å². The van der Waals surface area contributed by atoms with Crippen LogP contribution < -0.4 is 0 Å². The van der Waals surface area contributed by atoms with E-state index in [1.54, 1.807) is 24.5 Å². The van der Waals surface area contributed by atoms with Crippen LogP contribution in [0.1, 0.15) is 41.4 Å². The number of allylic oxidation sites excluding steroid dienone is 1. The zero-order valence-corrected chi connectivity index (χ0v) is 13.5. The lowest BCUT2D eigenvalue weighted by Gasteiger charge is -2.13. The van der Waals surface area contributed by atoms with E-state index in [0.29, 0.717) is 12.1 Å². The van der Waals surface area contributed by atoms with Crippen molar-refractivity contribution in [1.29, 1.82) is 0 Å². The maximum Gasteiger partial charge on any atom is 0.195 e. The second-order valence-electron chi connectivity index (χ2n) is 5.90. The highest BCUT2D eigenvalue weighted by Gasteiger charge is 2.24. The second-order valence-corrected chi connectivity index (χ2v) is 5.90. The number of benzene rings is 1. The standard InChI is InChI=1S/C20H20N2O/c1-4-13-22-17-8-6-5-7-16(17)18(19(22)14(2)3)20(23)15-9-11-21-12-10-15/h4-12,14H,1,13H2,2-3H3. The van der Waals surface area contributed by atoms with E-state index in [9.17, 15) is 4.79 Å². The molecule has 0 bridgehead atoms. The fourth-order valence-corrected chi connectivity index (χ4v) is 3.14. The third kappa shape index (κ3) is 2.59. The van der Waals surface area contributed by atoms with Gasteiger partial charge < -0.3 is 4.57 Å². The Balaban J connectivity index is 2.33. The third-order valence-corrected chi connectivity index (χ3v) is 4.04. The number of carbonyl (C=O) groups excluding carboxylic acids is 1. The van der Waals surface area contributed by atoms with Crippen molar-refractivity contribution in [2.24, 2.45) is 0 Å². The van der Waals surface area contributed by atoms with Gasteiger partial charge in [0.15, 0.2) is 5.78 Å². The van der Waals surface area contributed by atoms with Crippen LogP contribution in [-0.4, -0.2) is 15.3 Å². The lowest BCUT2D eigenvalue weighted by molar-refractivity contribution is 0.103. The van der Waals surface area contributed by atoms with Gasteiger partial charge in [-0.15, -0.1) is 6.58 Å². The van der Waals surface area contributed by atoms with E-state index in [-0.39, 0.29) is 11.7 Å². The van der Waals surface area contributed by atoms with Crippen molar-refractivity contribution in [3.63, 3.8) is 0 Å². The van der Waals surface area contributed by atoms with Crippen molar-refractivity contribution in [3.05, 3.63) is 78.3 Å². The molecule has 2 heterocycles. The molecular weight excluding hydrogens is 284 g/mol. The maximum absolute atomic E-state index is 13.1. The molecule has 0 aliphatic rings. The number of nitrogens with zero attached hydrogens (tertiary/aromatic N) is 2. The van der Waals surface area contributed by atoms with Crippen LogP contribution in [0.2, 0.25) is 0 Å². The molecule has 0 fully saturated rings. The van der Waals surface area contributed by atoms with Gasteiger partial charge in [-0.05, 0) is 24.1 Å². The summed E-state index contributed by atoms with van der Waals surface area (Å²) in [6, 6.07) is 11.6. The molecule has 0 aliphatic heterocycles. The maximum atomic E-state index is 13.1. The number of hydrogen-bond donors (Lipinski definition) is 0. The van der Waals surface area contributed by atoms with Gasteiger partial charge >= 0.3 is 0 Å². The van der Waals surface area contributed by atoms with Gasteiger partial charge in [0.1, 0.15) is 0 Å². The summed E-state index contributed by atoms with van der Waals surface area (Å²) in [7, 11) is 0. The number of hydrogen-bond acceptors (Lipinski definition) is 2. The summed E-state index contributed by atoms with van der Waals surface area (Å²) < 4.78 is 2.20. The van der Waals surface area contributed by atoms with Crippen molar-refractivity contribution in [2.75, 3.05) is 0 Å². The molecule has 0 atom stereocenters. The van der Waals surface area contributed by atoms with Gasteiger partial charge in [0.05, 0.1) is 5.56 Å². The van der Waals surface area contributed by atoms with Gasteiger partial charge in [0.2, 0.25) is 0 Å². The number of para-hydroxylation sites is 1. The highest BCUT2D eigenvalue weighted by Crippen LogP contribution is 2.33. The van der Waals surface area contributed by atoms with E-state index in [0.717, 1.165) is 22.2 Å². The summed E-state index contributed by atoms with van der Waals surface area (Å²) in [5, 5.41) is 1.000. The summed E-state index contributed by atoms with van der Waals surface area (Å²) in [5.41, 5.74) is 3.61. The molecule has 116 valence electrons. The Hall–Kier alpha value is -2.68. The molecule has 23 heavy (non-hydrogen) atoms. The SMILES string of the molecule is C=CCn1c(C(C)C)c(C(=O)c2ccncc2)c2ccccc21. The molecule has 0 unspecified atom stereocenters. The Morgan fingerprint density at radius 3 is 2.57 bits per heavy atom. The Morgan fingerprint density at radius 1 is 1.22 bits per heavy atom. The number of fused-ring (bicyclic) bond motifs is 1. The topological polar surface area (TPSA) is 34.9 Å². The zero-order chi connectivity index (χ0) is 16.4. The van der Waals surface area contributed by atoms with E-state index in [2.05, 4.69) is 36.0 Å². The zero-order valence-electron chi connectivity index (χ0n) is 13.5. The van der Waals surface area contributed by atoms with Gasteiger partial charge in [0.25, 0.3) is 0 Å². The first-order valence-corrected chi connectivity index (χ1v) is 7.82. The van der Waals surface area contributed by atoms with Crippen LogP contribution in [0.3, 0.4) is 0 Å². The summed E-state index contributed by atoms with van der Waals surface area (Å²) in [6.45, 7) is 8.80. The molecule has 0 spiro atoms. The second kappa shape index (κ2) is 6.21. The number of aromatic nitrogens is 2. The smallest absolute Gasteiger partial charge is 0.195 e. The summed E-state index contributed by atoms with van der Waals surface area (Å²) in [5.74, 6) is 0.290. The molecule has 0 N–H and O–H groups in total. The average molecular weight is 304 g/mol. The normalized spacial score (nSPS) is 11.1. The fourth-order valence-electron chi connectivity index (χ4n) is 3.14. The number of rotatable bonds is 5. The first-order chi connectivity index (χ1) is 11.1. The number of carbonyl (C=O) groups is 1. The van der Waals surface area contributed by atoms with Crippen LogP contribution in [0.15, 0.2) is 61.4 Å². The average Bonchev–Trinajstić information content (AvgIpc) is 2.90. The molecule has 3 nitrogen and oxygen atoms in total. The van der Waals surface area contributed by atoms with Crippen LogP contribution in [0.4, 0.5) is 0 Å². The lowest BCUT2D eigenvalue weighted by Crippen LogP contribution is -2.09. The minimum atomic E-state index is 0.0510. The summed E-state index contributed by atoms with van der Waals surface area (Å²) in [4.78, 5) is 17.1. The van der Waals surface area contributed by atoms with E-state index < -0.39 is 0 Å². The fraction of sp³-hybridized carbons (Fsp3) is 0.200. The lowest BCUT2D eigenvalue weighted by atomic mass is 9.96. The first-order valence-electron chi connectivity index (χ1n) is 7.82. The van der Waals surface area contributed by atoms with E-state index in [1.807, 2.05) is 24.3 Å². The largest absolute Gasteiger partial charge is 0.340 e. The van der Waals surface area contributed by atoms with E-state index in [1.165, 1.54) is 0 Å². The van der Waals surface area contributed by atoms with Crippen LogP contribution >= 0.6 is 0 Å². The van der Waals surface area contributed by atoms with Crippen molar-refractivity contribution >= 4 is 16.7 Å². The van der Waals surface area contributed by atoms with Crippen molar-refractivity contribution in [1.82, 2.24) is 9.55 Å². The third-order valence-electron chi connectivity index (χ3n) is 4.04. The highest BCUT2D eigenvalue weighted by atomic mass is 16.1. The van der Waals surface area contributed by atoms with Crippen LogP contribution in [-0.2, 0) is 6.54 Å². The van der Waals surface area contributed by atoms with E-state index in [4.69, 9.17) is 0 Å². The molecule has 0 amide bonds. The molecular formula is C20H20N2O. The molecule has 0 saturated heterocycles. The molecule has 3 rings (SSSR count). The minimum absolute atomic E-state index is 0.0510. The Kier molecular flexibility index (Phi) is 4.11. The van der Waals surface area contributed by atoms with E-state index >= 15 is 0 Å². The van der Waals surface area contributed by atoms with Gasteiger partial charge in [-0.2, -0.15) is 0 Å². The monoisotopic (exact) mass is 304 g/mol. The summed E-state index contributed by atoms with van der Waals surface area (Å²) in [6.07, 6.45) is 5.19.